The largest absolute Gasteiger partial charge is 0.388 e. The number of fused-ring (bicyclic) bond motifs is 1. The van der Waals surface area contributed by atoms with Crippen LogP contribution in [0.5, 0.6) is 0 Å². The van der Waals surface area contributed by atoms with Crippen LogP contribution in [-0.2, 0) is 0 Å². The maximum absolute atomic E-state index is 13.0. The Balaban J connectivity index is 1.76. The van der Waals surface area contributed by atoms with Crippen LogP contribution in [0, 0.1) is 19.7 Å². The number of hydrogen-bond donors (Lipinski definition) is 2. The van der Waals surface area contributed by atoms with Crippen molar-refractivity contribution in [3.05, 3.63) is 52.4 Å². The number of aryl methyl sites for hydroxylation is 2. The zero-order valence-corrected chi connectivity index (χ0v) is 14.7. The van der Waals surface area contributed by atoms with Crippen LogP contribution < -0.4 is 5.32 Å². The van der Waals surface area contributed by atoms with E-state index in [4.69, 9.17) is 0 Å². The number of anilines is 1. The summed E-state index contributed by atoms with van der Waals surface area (Å²) in [7, 11) is 0. The van der Waals surface area contributed by atoms with Crippen molar-refractivity contribution in [3.63, 3.8) is 0 Å². The molecule has 2 heterocycles. The number of thiophene rings is 1. The number of rotatable bonds is 5. The average molecular weight is 345 g/mol. The second-order valence-electron chi connectivity index (χ2n) is 6.07. The molecule has 4 nitrogen and oxygen atoms in total. The number of aromatic nitrogens is 2. The Morgan fingerprint density at radius 3 is 2.62 bits per heavy atom. The topological polar surface area (TPSA) is 58.0 Å². The van der Waals surface area contributed by atoms with Crippen LogP contribution in [0.4, 0.5) is 10.2 Å². The summed E-state index contributed by atoms with van der Waals surface area (Å²) >= 11 is 1.61. The molecule has 2 atom stereocenters. The normalized spacial score (nSPS) is 13.9. The van der Waals surface area contributed by atoms with Crippen LogP contribution in [0.1, 0.15) is 36.4 Å². The number of nitrogens with zero attached hydrogens (tertiary/aromatic N) is 2. The molecule has 0 aliphatic carbocycles. The quantitative estimate of drug-likeness (QED) is 0.721. The predicted octanol–water partition coefficient (Wildman–Crippen LogP) is 4.37. The Hall–Kier alpha value is -2.05. The first-order chi connectivity index (χ1) is 11.4. The molecule has 0 radical (unpaired) electrons. The van der Waals surface area contributed by atoms with Crippen molar-refractivity contribution in [2.24, 2.45) is 0 Å². The molecule has 0 bridgehead atoms. The summed E-state index contributed by atoms with van der Waals surface area (Å²) in [6, 6.07) is 5.96. The molecule has 24 heavy (non-hydrogen) atoms. The van der Waals surface area contributed by atoms with Crippen LogP contribution in [0.2, 0.25) is 0 Å². The van der Waals surface area contributed by atoms with E-state index in [0.717, 1.165) is 27.4 Å². The lowest BCUT2D eigenvalue weighted by atomic mass is 10.0. The van der Waals surface area contributed by atoms with Gasteiger partial charge in [-0.15, -0.1) is 11.3 Å². The van der Waals surface area contributed by atoms with Crippen molar-refractivity contribution < 1.29 is 9.50 Å². The molecule has 0 aliphatic heterocycles. The first-order valence-corrected chi connectivity index (χ1v) is 8.74. The molecule has 0 saturated carbocycles. The fraction of sp³-hybridized carbons (Fsp3) is 0.333. The zero-order chi connectivity index (χ0) is 17.3. The maximum atomic E-state index is 13.0. The number of nitrogens with one attached hydrogen (secondary N) is 1. The summed E-state index contributed by atoms with van der Waals surface area (Å²) in [4.78, 5) is 9.95. The lowest BCUT2D eigenvalue weighted by molar-refractivity contribution is 0.162. The van der Waals surface area contributed by atoms with Crippen LogP contribution in [-0.4, -0.2) is 21.1 Å². The first-order valence-electron chi connectivity index (χ1n) is 7.86. The highest BCUT2D eigenvalue weighted by molar-refractivity contribution is 7.17. The van der Waals surface area contributed by atoms with Gasteiger partial charge in [0.15, 0.2) is 0 Å². The summed E-state index contributed by atoms with van der Waals surface area (Å²) in [6.07, 6.45) is -0.158. The smallest absolute Gasteiger partial charge is 0.138 e. The van der Waals surface area contributed by atoms with E-state index in [1.165, 1.54) is 12.1 Å². The Bertz CT molecular complexity index is 847. The first kappa shape index (κ1) is 16.8. The third-order valence-electron chi connectivity index (χ3n) is 3.94. The summed E-state index contributed by atoms with van der Waals surface area (Å²) < 4.78 is 13.0. The van der Waals surface area contributed by atoms with Crippen molar-refractivity contribution in [2.75, 3.05) is 5.32 Å². The summed E-state index contributed by atoms with van der Waals surface area (Å²) in [5, 5.41) is 16.8. The van der Waals surface area contributed by atoms with Gasteiger partial charge in [0, 0.05) is 6.04 Å². The molecule has 0 aliphatic rings. The lowest BCUT2D eigenvalue weighted by Gasteiger charge is -2.19. The van der Waals surface area contributed by atoms with Crippen LogP contribution >= 0.6 is 11.3 Å². The molecule has 0 saturated heterocycles. The van der Waals surface area contributed by atoms with E-state index in [-0.39, 0.29) is 11.9 Å². The highest BCUT2D eigenvalue weighted by atomic mass is 32.1. The molecular formula is C18H20FN3OS. The van der Waals surface area contributed by atoms with E-state index in [1.54, 1.807) is 23.5 Å². The second kappa shape index (κ2) is 6.83. The van der Waals surface area contributed by atoms with Crippen LogP contribution in [0.25, 0.3) is 10.2 Å². The Labute approximate surface area is 144 Å². The van der Waals surface area contributed by atoms with Gasteiger partial charge in [0.1, 0.15) is 22.3 Å². The number of aliphatic hydroxyl groups is 1. The Kier molecular flexibility index (Phi) is 4.78. The lowest BCUT2D eigenvalue weighted by Crippen LogP contribution is -2.20. The van der Waals surface area contributed by atoms with E-state index < -0.39 is 6.10 Å². The van der Waals surface area contributed by atoms with Gasteiger partial charge in [-0.1, -0.05) is 12.1 Å². The van der Waals surface area contributed by atoms with E-state index >= 15 is 0 Å². The molecule has 3 rings (SSSR count). The van der Waals surface area contributed by atoms with Crippen molar-refractivity contribution in [1.29, 1.82) is 0 Å². The van der Waals surface area contributed by atoms with Gasteiger partial charge in [0.2, 0.25) is 0 Å². The van der Waals surface area contributed by atoms with E-state index in [0.29, 0.717) is 12.0 Å². The van der Waals surface area contributed by atoms with Gasteiger partial charge in [-0.3, -0.25) is 0 Å². The number of benzene rings is 1. The van der Waals surface area contributed by atoms with E-state index in [9.17, 15) is 9.50 Å². The van der Waals surface area contributed by atoms with Crippen LogP contribution in [0.3, 0.4) is 0 Å². The third-order valence-corrected chi connectivity index (χ3v) is 4.93. The summed E-state index contributed by atoms with van der Waals surface area (Å²) in [6.45, 7) is 5.91. The standard InChI is InChI=1S/C18H20FN3OS/c1-10-9-24-18-16(10)17(21-12(3)22-18)20-11(2)8-15(23)13-4-6-14(19)7-5-13/h4-7,9,11,15,23H,8H2,1-3H3,(H,20,21,22). The molecule has 0 spiro atoms. The van der Waals surface area contributed by atoms with E-state index in [1.807, 2.05) is 20.8 Å². The van der Waals surface area contributed by atoms with Gasteiger partial charge < -0.3 is 10.4 Å². The second-order valence-corrected chi connectivity index (χ2v) is 6.92. The highest BCUT2D eigenvalue weighted by Crippen LogP contribution is 2.30. The molecule has 1 aromatic carbocycles. The van der Waals surface area contributed by atoms with Gasteiger partial charge in [-0.2, -0.15) is 0 Å². The minimum absolute atomic E-state index is 0.00172. The van der Waals surface area contributed by atoms with Gasteiger partial charge >= 0.3 is 0 Å². The molecule has 2 N–H and O–H groups in total. The maximum Gasteiger partial charge on any atom is 0.138 e. The van der Waals surface area contributed by atoms with Gasteiger partial charge in [-0.05, 0) is 55.8 Å². The predicted molar refractivity (Wildman–Crippen MR) is 96.0 cm³/mol. The number of aliphatic hydroxyl groups excluding tert-OH is 1. The summed E-state index contributed by atoms with van der Waals surface area (Å²) in [5.41, 5.74) is 1.85. The van der Waals surface area contributed by atoms with Crippen LogP contribution in [0.15, 0.2) is 29.6 Å². The Morgan fingerprint density at radius 1 is 1.21 bits per heavy atom. The van der Waals surface area contributed by atoms with Gasteiger partial charge in [0.25, 0.3) is 0 Å². The third kappa shape index (κ3) is 3.55. The molecule has 2 aromatic heterocycles. The fourth-order valence-corrected chi connectivity index (χ4v) is 3.71. The molecule has 3 aromatic rings. The molecule has 0 fully saturated rings. The van der Waals surface area contributed by atoms with E-state index in [2.05, 4.69) is 20.7 Å². The SMILES string of the molecule is Cc1nc(NC(C)CC(O)c2ccc(F)cc2)c2c(C)csc2n1. The summed E-state index contributed by atoms with van der Waals surface area (Å²) in [5.74, 6) is 1.22. The number of halogens is 1. The minimum atomic E-state index is -0.657. The van der Waals surface area contributed by atoms with Crippen molar-refractivity contribution >= 4 is 27.4 Å². The average Bonchev–Trinajstić information content (AvgIpc) is 2.88. The molecule has 2 unspecified atom stereocenters. The van der Waals surface area contributed by atoms with Crippen molar-refractivity contribution in [2.45, 2.75) is 39.3 Å². The van der Waals surface area contributed by atoms with Gasteiger partial charge in [-0.25, -0.2) is 14.4 Å². The molecular weight excluding hydrogens is 325 g/mol. The van der Waals surface area contributed by atoms with Crippen molar-refractivity contribution in [3.8, 4) is 0 Å². The highest BCUT2D eigenvalue weighted by Gasteiger charge is 2.16. The monoisotopic (exact) mass is 345 g/mol. The molecule has 6 heteroatoms. The fourth-order valence-electron chi connectivity index (χ4n) is 2.74. The zero-order valence-electron chi connectivity index (χ0n) is 13.9. The van der Waals surface area contributed by atoms with Crippen molar-refractivity contribution in [1.82, 2.24) is 9.97 Å². The Morgan fingerprint density at radius 2 is 1.92 bits per heavy atom. The molecule has 126 valence electrons. The number of hydrogen-bond acceptors (Lipinski definition) is 5. The van der Waals surface area contributed by atoms with Gasteiger partial charge in [0.05, 0.1) is 11.5 Å². The minimum Gasteiger partial charge on any atom is -0.388 e. The molecule has 0 amide bonds.